The van der Waals surface area contributed by atoms with Gasteiger partial charge < -0.3 is 15.8 Å². The van der Waals surface area contributed by atoms with Crippen LogP contribution in [0, 0.1) is 17.7 Å². The summed E-state index contributed by atoms with van der Waals surface area (Å²) in [6, 6.07) is 5.40. The summed E-state index contributed by atoms with van der Waals surface area (Å²) in [5, 5.41) is 3.78. The van der Waals surface area contributed by atoms with Crippen LogP contribution in [0.1, 0.15) is 47.3 Å². The van der Waals surface area contributed by atoms with Crippen LogP contribution in [0.15, 0.2) is 18.2 Å². The maximum absolute atomic E-state index is 14.3. The number of carbonyl (C=O) groups is 1. The van der Waals surface area contributed by atoms with Gasteiger partial charge in [-0.05, 0) is 49.7 Å². The van der Waals surface area contributed by atoms with Gasteiger partial charge in [-0.15, -0.1) is 11.3 Å². The Morgan fingerprint density at radius 3 is 2.77 bits per heavy atom. The van der Waals surface area contributed by atoms with E-state index in [0.29, 0.717) is 27.7 Å². The second-order valence-electron chi connectivity index (χ2n) is 7.64. The first-order valence-electron chi connectivity index (χ1n) is 9.33. The molecule has 6 heteroatoms. The fourth-order valence-electron chi connectivity index (χ4n) is 4.87. The van der Waals surface area contributed by atoms with Crippen molar-refractivity contribution in [1.82, 2.24) is 5.32 Å². The summed E-state index contributed by atoms with van der Waals surface area (Å²) >= 11 is 1.35. The van der Waals surface area contributed by atoms with Crippen molar-refractivity contribution in [1.29, 1.82) is 0 Å². The minimum atomic E-state index is -0.301. The summed E-state index contributed by atoms with van der Waals surface area (Å²) in [6.07, 6.45) is 5.43. The zero-order valence-corrected chi connectivity index (χ0v) is 15.8. The monoisotopic (exact) mass is 376 g/mol. The highest BCUT2D eigenvalue weighted by Gasteiger charge is 2.40. The lowest BCUT2D eigenvalue weighted by Crippen LogP contribution is -2.53. The molecule has 1 aromatic carbocycles. The van der Waals surface area contributed by atoms with Crippen LogP contribution in [-0.4, -0.2) is 25.1 Å². The number of benzene rings is 1. The number of thiophene rings is 1. The highest BCUT2D eigenvalue weighted by Crippen LogP contribution is 2.40. The van der Waals surface area contributed by atoms with Crippen molar-refractivity contribution in [3.8, 4) is 0 Å². The molecule has 140 valence electrons. The van der Waals surface area contributed by atoms with Crippen LogP contribution in [0.5, 0.6) is 0 Å². The van der Waals surface area contributed by atoms with Gasteiger partial charge >= 0.3 is 0 Å². The van der Waals surface area contributed by atoms with E-state index in [-0.39, 0.29) is 30.4 Å². The molecule has 2 aromatic rings. The van der Waals surface area contributed by atoms with Gasteiger partial charge in [-0.3, -0.25) is 4.79 Å². The zero-order chi connectivity index (χ0) is 18.3. The molecule has 2 fully saturated rings. The lowest BCUT2D eigenvalue weighted by Gasteiger charge is -2.45. The van der Waals surface area contributed by atoms with Crippen LogP contribution in [0.3, 0.4) is 0 Å². The van der Waals surface area contributed by atoms with E-state index in [1.54, 1.807) is 13.2 Å². The van der Waals surface area contributed by atoms with E-state index in [2.05, 4.69) is 5.32 Å². The number of carbonyl (C=O) groups excluding carboxylic acids is 1. The van der Waals surface area contributed by atoms with Gasteiger partial charge in [0.25, 0.3) is 5.91 Å². The lowest BCUT2D eigenvalue weighted by molar-refractivity contribution is 0.0756. The van der Waals surface area contributed by atoms with E-state index in [0.717, 1.165) is 30.4 Å². The molecule has 1 aromatic heterocycles. The normalized spacial score (nSPS) is 28.3. The van der Waals surface area contributed by atoms with Crippen molar-refractivity contribution < 1.29 is 13.9 Å². The van der Waals surface area contributed by atoms with Gasteiger partial charge in [0.2, 0.25) is 0 Å². The Balaban J connectivity index is 1.64. The molecule has 4 rings (SSSR count). The highest BCUT2D eigenvalue weighted by atomic mass is 32.1. The van der Waals surface area contributed by atoms with Crippen LogP contribution < -0.4 is 11.1 Å². The molecule has 2 bridgehead atoms. The SMILES string of the molecule is COCc1c(C(=O)NC2C3CCCC2CC(N)C3)sc2cccc(F)c12. The first-order chi connectivity index (χ1) is 12.6. The molecule has 1 heterocycles. The van der Waals surface area contributed by atoms with E-state index < -0.39 is 0 Å². The average molecular weight is 376 g/mol. The van der Waals surface area contributed by atoms with Crippen molar-refractivity contribution in [3.63, 3.8) is 0 Å². The summed E-state index contributed by atoms with van der Waals surface area (Å²) in [5.74, 6) is 0.511. The largest absolute Gasteiger partial charge is 0.380 e. The van der Waals surface area contributed by atoms with Gasteiger partial charge in [0.1, 0.15) is 5.82 Å². The van der Waals surface area contributed by atoms with E-state index in [4.69, 9.17) is 10.5 Å². The van der Waals surface area contributed by atoms with E-state index in [1.165, 1.54) is 23.8 Å². The Labute approximate surface area is 156 Å². The third-order valence-electron chi connectivity index (χ3n) is 5.93. The summed E-state index contributed by atoms with van der Waals surface area (Å²) in [6.45, 7) is 0.228. The van der Waals surface area contributed by atoms with Crippen molar-refractivity contribution >= 4 is 27.3 Å². The number of nitrogens with one attached hydrogen (secondary N) is 1. The first-order valence-corrected chi connectivity index (χ1v) is 10.2. The van der Waals surface area contributed by atoms with Gasteiger partial charge in [-0.2, -0.15) is 0 Å². The van der Waals surface area contributed by atoms with Gasteiger partial charge in [-0.1, -0.05) is 12.5 Å². The Kier molecular flexibility index (Phi) is 4.99. The molecular formula is C20H25FN2O2S. The second-order valence-corrected chi connectivity index (χ2v) is 8.69. The molecule has 0 spiro atoms. The molecule has 3 N–H and O–H groups in total. The molecule has 0 saturated heterocycles. The Bertz CT molecular complexity index is 807. The highest BCUT2D eigenvalue weighted by molar-refractivity contribution is 7.21. The number of rotatable bonds is 4. The summed E-state index contributed by atoms with van der Waals surface area (Å²) in [4.78, 5) is 13.7. The molecule has 2 saturated carbocycles. The Morgan fingerprint density at radius 2 is 2.08 bits per heavy atom. The smallest absolute Gasteiger partial charge is 0.262 e. The summed E-state index contributed by atoms with van der Waals surface area (Å²) in [5.41, 5.74) is 6.85. The zero-order valence-electron chi connectivity index (χ0n) is 15.0. The van der Waals surface area contributed by atoms with Gasteiger partial charge in [0.15, 0.2) is 0 Å². The standard InChI is InChI=1S/C20H25FN2O2S/c1-25-10-14-17-15(21)6-3-7-16(17)26-19(14)20(24)23-18-11-4-2-5-12(18)9-13(22)8-11/h3,6-7,11-13,18H,2,4-5,8-10,22H2,1H3,(H,23,24). The van der Waals surface area contributed by atoms with Gasteiger partial charge in [-0.25, -0.2) is 4.39 Å². The minimum Gasteiger partial charge on any atom is -0.380 e. The number of nitrogens with two attached hydrogens (primary N) is 1. The third kappa shape index (κ3) is 3.15. The first kappa shape index (κ1) is 17.9. The molecule has 2 aliphatic carbocycles. The molecular weight excluding hydrogens is 351 g/mol. The third-order valence-corrected chi connectivity index (χ3v) is 7.13. The maximum Gasteiger partial charge on any atom is 0.262 e. The van der Waals surface area contributed by atoms with E-state index >= 15 is 0 Å². The van der Waals surface area contributed by atoms with Crippen LogP contribution in [0.25, 0.3) is 10.1 Å². The fourth-order valence-corrected chi connectivity index (χ4v) is 6.00. The van der Waals surface area contributed by atoms with E-state index in [1.807, 2.05) is 6.07 Å². The predicted octanol–water partition coefficient (Wildman–Crippen LogP) is 3.82. The van der Waals surface area contributed by atoms with Crippen LogP contribution in [0.2, 0.25) is 0 Å². The molecule has 26 heavy (non-hydrogen) atoms. The molecule has 0 aliphatic heterocycles. The predicted molar refractivity (Wildman–Crippen MR) is 102 cm³/mol. The molecule has 1 amide bonds. The lowest BCUT2D eigenvalue weighted by atomic mass is 9.67. The molecule has 2 atom stereocenters. The van der Waals surface area contributed by atoms with Crippen molar-refractivity contribution in [2.24, 2.45) is 17.6 Å². The number of halogens is 1. The average Bonchev–Trinajstić information content (AvgIpc) is 2.96. The maximum atomic E-state index is 14.3. The van der Waals surface area contributed by atoms with Gasteiger partial charge in [0, 0.05) is 34.8 Å². The quantitative estimate of drug-likeness (QED) is 0.853. The number of fused-ring (bicyclic) bond motifs is 3. The minimum absolute atomic E-state index is 0.102. The van der Waals surface area contributed by atoms with Crippen molar-refractivity contribution in [2.75, 3.05) is 7.11 Å². The molecule has 2 unspecified atom stereocenters. The number of ether oxygens (including phenoxy) is 1. The number of amides is 1. The van der Waals surface area contributed by atoms with Crippen LogP contribution in [0.4, 0.5) is 4.39 Å². The summed E-state index contributed by atoms with van der Waals surface area (Å²) < 4.78 is 20.4. The number of hydrogen-bond donors (Lipinski definition) is 2. The van der Waals surface area contributed by atoms with Crippen molar-refractivity contribution in [2.45, 2.75) is 50.8 Å². The molecule has 0 radical (unpaired) electrons. The van der Waals surface area contributed by atoms with Crippen LogP contribution in [-0.2, 0) is 11.3 Å². The fraction of sp³-hybridized carbons (Fsp3) is 0.550. The molecule has 4 nitrogen and oxygen atoms in total. The Hall–Kier alpha value is -1.50. The Morgan fingerprint density at radius 1 is 1.35 bits per heavy atom. The van der Waals surface area contributed by atoms with E-state index in [9.17, 15) is 9.18 Å². The number of methoxy groups -OCH3 is 1. The van der Waals surface area contributed by atoms with Crippen molar-refractivity contribution in [3.05, 3.63) is 34.5 Å². The molecule has 2 aliphatic rings. The van der Waals surface area contributed by atoms with Gasteiger partial charge in [0.05, 0.1) is 11.5 Å². The second kappa shape index (κ2) is 7.25. The topological polar surface area (TPSA) is 64.3 Å². The number of hydrogen-bond acceptors (Lipinski definition) is 4. The summed E-state index contributed by atoms with van der Waals surface area (Å²) in [7, 11) is 1.57. The van der Waals surface area contributed by atoms with Crippen LogP contribution >= 0.6 is 11.3 Å².